The van der Waals surface area contributed by atoms with Crippen LogP contribution in [0.4, 0.5) is 0 Å². The second kappa shape index (κ2) is 5.08. The SMILES string of the molecule is Cc1ccc(C(=O)C(C)Br)c(CBr)c1. The first-order valence-electron chi connectivity index (χ1n) is 4.40. The molecule has 0 aromatic heterocycles. The van der Waals surface area contributed by atoms with Crippen LogP contribution in [0.3, 0.4) is 0 Å². The van der Waals surface area contributed by atoms with Crippen molar-refractivity contribution < 1.29 is 4.79 Å². The van der Waals surface area contributed by atoms with Gasteiger partial charge in [0.05, 0.1) is 4.83 Å². The lowest BCUT2D eigenvalue weighted by atomic mass is 10.0. The van der Waals surface area contributed by atoms with E-state index in [0.717, 1.165) is 16.5 Å². The van der Waals surface area contributed by atoms with Crippen LogP contribution in [0.5, 0.6) is 0 Å². The number of Topliss-reactive ketones (excluding diaryl/α,β-unsaturated/α-hetero) is 1. The molecule has 1 rings (SSSR count). The molecule has 14 heavy (non-hydrogen) atoms. The van der Waals surface area contributed by atoms with Gasteiger partial charge in [-0.2, -0.15) is 0 Å². The molecule has 1 nitrogen and oxygen atoms in total. The molecule has 0 bridgehead atoms. The Morgan fingerprint density at radius 1 is 1.50 bits per heavy atom. The predicted octanol–water partition coefficient (Wildman–Crippen LogP) is 3.86. The molecule has 0 aliphatic heterocycles. The largest absolute Gasteiger partial charge is 0.293 e. The van der Waals surface area contributed by atoms with Crippen LogP contribution < -0.4 is 0 Å². The summed E-state index contributed by atoms with van der Waals surface area (Å²) in [6, 6.07) is 5.90. The quantitative estimate of drug-likeness (QED) is 0.611. The fraction of sp³-hybridized carbons (Fsp3) is 0.364. The summed E-state index contributed by atoms with van der Waals surface area (Å²) in [6.07, 6.45) is 0. The summed E-state index contributed by atoms with van der Waals surface area (Å²) < 4.78 is 0. The van der Waals surface area contributed by atoms with Crippen molar-refractivity contribution in [1.29, 1.82) is 0 Å². The third-order valence-corrected chi connectivity index (χ3v) is 3.05. The van der Waals surface area contributed by atoms with Crippen molar-refractivity contribution in [2.75, 3.05) is 0 Å². The minimum Gasteiger partial charge on any atom is -0.293 e. The Bertz CT molecular complexity index is 345. The van der Waals surface area contributed by atoms with E-state index < -0.39 is 0 Å². The fourth-order valence-corrected chi connectivity index (χ4v) is 2.00. The summed E-state index contributed by atoms with van der Waals surface area (Å²) >= 11 is 6.69. The molecular formula is C11H12Br2O. The minimum atomic E-state index is -0.122. The number of alkyl halides is 2. The topological polar surface area (TPSA) is 17.1 Å². The van der Waals surface area contributed by atoms with E-state index in [1.54, 1.807) is 0 Å². The first-order chi connectivity index (χ1) is 6.56. The maximum atomic E-state index is 11.8. The van der Waals surface area contributed by atoms with Gasteiger partial charge in [0.2, 0.25) is 0 Å². The number of hydrogen-bond donors (Lipinski definition) is 0. The Morgan fingerprint density at radius 3 is 2.64 bits per heavy atom. The number of carbonyl (C=O) groups excluding carboxylic acids is 1. The lowest BCUT2D eigenvalue weighted by Gasteiger charge is -2.08. The number of halogens is 2. The fourth-order valence-electron chi connectivity index (χ4n) is 1.29. The molecule has 0 saturated carbocycles. The van der Waals surface area contributed by atoms with Gasteiger partial charge in [0.15, 0.2) is 5.78 Å². The molecule has 3 heteroatoms. The van der Waals surface area contributed by atoms with Gasteiger partial charge in [0.25, 0.3) is 0 Å². The summed E-state index contributed by atoms with van der Waals surface area (Å²) in [6.45, 7) is 3.87. The van der Waals surface area contributed by atoms with E-state index in [4.69, 9.17) is 0 Å². The molecule has 0 aliphatic rings. The number of ketones is 1. The van der Waals surface area contributed by atoms with E-state index >= 15 is 0 Å². The predicted molar refractivity (Wildman–Crippen MR) is 66.5 cm³/mol. The summed E-state index contributed by atoms with van der Waals surface area (Å²) in [4.78, 5) is 11.6. The van der Waals surface area contributed by atoms with E-state index in [1.165, 1.54) is 5.56 Å². The van der Waals surface area contributed by atoms with Gasteiger partial charge in [-0.05, 0) is 19.4 Å². The van der Waals surface area contributed by atoms with Crippen molar-refractivity contribution >= 4 is 37.6 Å². The first-order valence-corrected chi connectivity index (χ1v) is 6.43. The molecule has 1 atom stereocenters. The van der Waals surface area contributed by atoms with Gasteiger partial charge in [0, 0.05) is 10.9 Å². The Balaban J connectivity index is 3.14. The molecule has 0 aliphatic carbocycles. The van der Waals surface area contributed by atoms with E-state index in [1.807, 2.05) is 32.0 Å². The minimum absolute atomic E-state index is 0.122. The highest BCUT2D eigenvalue weighted by molar-refractivity contribution is 9.10. The monoisotopic (exact) mass is 318 g/mol. The number of benzene rings is 1. The van der Waals surface area contributed by atoms with Gasteiger partial charge in [-0.1, -0.05) is 55.6 Å². The zero-order valence-electron chi connectivity index (χ0n) is 8.18. The van der Waals surface area contributed by atoms with Crippen molar-refractivity contribution in [2.24, 2.45) is 0 Å². The lowest BCUT2D eigenvalue weighted by Crippen LogP contribution is -2.12. The summed E-state index contributed by atoms with van der Waals surface area (Å²) in [5.41, 5.74) is 3.04. The van der Waals surface area contributed by atoms with Crippen molar-refractivity contribution in [3.05, 3.63) is 34.9 Å². The zero-order valence-corrected chi connectivity index (χ0v) is 11.4. The zero-order chi connectivity index (χ0) is 10.7. The van der Waals surface area contributed by atoms with Crippen LogP contribution in [0.1, 0.15) is 28.4 Å². The number of aryl methyl sites for hydroxylation is 1. The maximum Gasteiger partial charge on any atom is 0.176 e. The van der Waals surface area contributed by atoms with E-state index in [-0.39, 0.29) is 10.6 Å². The van der Waals surface area contributed by atoms with Gasteiger partial charge in [0.1, 0.15) is 0 Å². The molecule has 0 radical (unpaired) electrons. The average Bonchev–Trinajstić information content (AvgIpc) is 2.16. The molecule has 0 saturated heterocycles. The van der Waals surface area contributed by atoms with Crippen LogP contribution >= 0.6 is 31.9 Å². The van der Waals surface area contributed by atoms with Crippen molar-refractivity contribution in [3.63, 3.8) is 0 Å². The van der Waals surface area contributed by atoms with Gasteiger partial charge >= 0.3 is 0 Å². The van der Waals surface area contributed by atoms with E-state index in [0.29, 0.717) is 0 Å². The highest BCUT2D eigenvalue weighted by Crippen LogP contribution is 2.18. The van der Waals surface area contributed by atoms with Gasteiger partial charge in [-0.3, -0.25) is 4.79 Å². The van der Waals surface area contributed by atoms with Crippen molar-refractivity contribution in [1.82, 2.24) is 0 Å². The molecule has 1 unspecified atom stereocenters. The standard InChI is InChI=1S/C11H12Br2O/c1-7-3-4-10(9(5-7)6-12)11(14)8(2)13/h3-5,8H,6H2,1-2H3. The van der Waals surface area contributed by atoms with Crippen molar-refractivity contribution in [3.8, 4) is 0 Å². The highest BCUT2D eigenvalue weighted by Gasteiger charge is 2.15. The molecule has 0 N–H and O–H groups in total. The molecule has 1 aromatic carbocycles. The second-order valence-corrected chi connectivity index (χ2v) is 5.21. The van der Waals surface area contributed by atoms with Crippen molar-refractivity contribution in [2.45, 2.75) is 24.0 Å². The summed E-state index contributed by atoms with van der Waals surface area (Å²) in [5, 5.41) is 0.718. The molecule has 76 valence electrons. The van der Waals surface area contributed by atoms with Crippen LogP contribution in [0.2, 0.25) is 0 Å². The Labute approximate surface area is 101 Å². The summed E-state index contributed by atoms with van der Waals surface area (Å²) in [7, 11) is 0. The normalized spacial score (nSPS) is 12.6. The van der Waals surface area contributed by atoms with E-state index in [9.17, 15) is 4.79 Å². The van der Waals surface area contributed by atoms with Gasteiger partial charge in [-0.25, -0.2) is 0 Å². The number of hydrogen-bond acceptors (Lipinski definition) is 1. The molecule has 1 aromatic rings. The first kappa shape index (κ1) is 11.9. The van der Waals surface area contributed by atoms with Crippen LogP contribution in [0.25, 0.3) is 0 Å². The molecule has 0 heterocycles. The van der Waals surface area contributed by atoms with Crippen LogP contribution in [0.15, 0.2) is 18.2 Å². The lowest BCUT2D eigenvalue weighted by molar-refractivity contribution is 0.0995. The number of rotatable bonds is 3. The molecule has 0 spiro atoms. The summed E-state index contributed by atoms with van der Waals surface area (Å²) in [5.74, 6) is 0.138. The van der Waals surface area contributed by atoms with Crippen LogP contribution in [-0.4, -0.2) is 10.6 Å². The smallest absolute Gasteiger partial charge is 0.176 e. The molecule has 0 amide bonds. The average molecular weight is 320 g/mol. The van der Waals surface area contributed by atoms with Gasteiger partial charge in [-0.15, -0.1) is 0 Å². The molecular weight excluding hydrogens is 308 g/mol. The maximum absolute atomic E-state index is 11.8. The third-order valence-electron chi connectivity index (χ3n) is 2.03. The van der Waals surface area contributed by atoms with Crippen LogP contribution in [0, 0.1) is 6.92 Å². The van der Waals surface area contributed by atoms with Crippen LogP contribution in [-0.2, 0) is 5.33 Å². The van der Waals surface area contributed by atoms with Gasteiger partial charge < -0.3 is 0 Å². The second-order valence-electron chi connectivity index (χ2n) is 3.27. The number of carbonyl (C=O) groups is 1. The Kier molecular flexibility index (Phi) is 4.32. The Hall–Kier alpha value is -0.150. The Morgan fingerprint density at radius 2 is 2.14 bits per heavy atom. The molecule has 0 fully saturated rings. The highest BCUT2D eigenvalue weighted by atomic mass is 79.9. The van der Waals surface area contributed by atoms with E-state index in [2.05, 4.69) is 31.9 Å². The third kappa shape index (κ3) is 2.67.